The molecule has 1 saturated heterocycles. The van der Waals surface area contributed by atoms with E-state index in [0.717, 1.165) is 48.9 Å². The molecule has 1 atom stereocenters. The van der Waals surface area contributed by atoms with Gasteiger partial charge in [0.25, 0.3) is 0 Å². The topological polar surface area (TPSA) is 113 Å². The van der Waals surface area contributed by atoms with Crippen molar-refractivity contribution in [3.63, 3.8) is 0 Å². The Hall–Kier alpha value is -3.81. The Kier molecular flexibility index (Phi) is 5.89. The Morgan fingerprint density at radius 1 is 1.24 bits per heavy atom. The van der Waals surface area contributed by atoms with E-state index in [4.69, 9.17) is 9.84 Å². The molecule has 0 bridgehead atoms. The molecule has 0 aromatic carbocycles. The van der Waals surface area contributed by atoms with E-state index in [2.05, 4.69) is 33.1 Å². The molecule has 190 valence electrons. The van der Waals surface area contributed by atoms with Crippen molar-refractivity contribution >= 4 is 5.52 Å². The van der Waals surface area contributed by atoms with Gasteiger partial charge in [-0.25, -0.2) is 8.91 Å². The van der Waals surface area contributed by atoms with E-state index in [1.807, 2.05) is 18.5 Å². The molecule has 1 spiro atoms. The highest BCUT2D eigenvalue weighted by Gasteiger charge is 2.46. The molecule has 2 N–H and O–H groups in total. The number of ether oxygens (including phenoxy) is 1. The number of nitrogens with one attached hydrogen (secondary N) is 1. The third kappa shape index (κ3) is 4.14. The van der Waals surface area contributed by atoms with Crippen molar-refractivity contribution in [1.82, 2.24) is 29.7 Å². The molecule has 0 radical (unpaired) electrons. The van der Waals surface area contributed by atoms with Crippen molar-refractivity contribution in [3.8, 4) is 22.9 Å². The van der Waals surface area contributed by atoms with Crippen molar-refractivity contribution in [1.29, 1.82) is 5.26 Å². The first kappa shape index (κ1) is 23.6. The van der Waals surface area contributed by atoms with Crippen LogP contribution in [-0.4, -0.2) is 49.2 Å². The zero-order valence-electron chi connectivity index (χ0n) is 20.6. The molecule has 2 aliphatic rings. The van der Waals surface area contributed by atoms with Crippen LogP contribution in [0, 0.1) is 29.5 Å². The lowest BCUT2D eigenvalue weighted by Gasteiger charge is -2.50. The van der Waals surface area contributed by atoms with Crippen LogP contribution in [0.5, 0.6) is 5.75 Å². The molecule has 5 heterocycles. The Labute approximate surface area is 213 Å². The third-order valence-electron chi connectivity index (χ3n) is 7.92. The van der Waals surface area contributed by atoms with Crippen LogP contribution in [-0.2, 0) is 0 Å². The van der Waals surface area contributed by atoms with Crippen molar-refractivity contribution in [2.45, 2.75) is 44.8 Å². The number of aromatic nitrogens is 5. The number of nitriles is 1. The van der Waals surface area contributed by atoms with Crippen LogP contribution in [0.3, 0.4) is 0 Å². The third-order valence-corrected chi connectivity index (χ3v) is 7.92. The van der Waals surface area contributed by atoms with Gasteiger partial charge in [0.2, 0.25) is 0 Å². The summed E-state index contributed by atoms with van der Waals surface area (Å²) in [5.74, 6) is -0.0985. The summed E-state index contributed by atoms with van der Waals surface area (Å²) in [6.07, 6.45) is 10.2. The van der Waals surface area contributed by atoms with Gasteiger partial charge >= 0.3 is 0 Å². The number of aliphatic hydroxyl groups excluding tert-OH is 1. The minimum atomic E-state index is -0.846. The average molecular weight is 502 g/mol. The first-order valence-corrected chi connectivity index (χ1v) is 12.6. The highest BCUT2D eigenvalue weighted by molar-refractivity contribution is 5.76. The number of halogens is 1. The summed E-state index contributed by atoms with van der Waals surface area (Å²) in [6.45, 7) is 3.88. The van der Waals surface area contributed by atoms with E-state index >= 15 is 0 Å². The van der Waals surface area contributed by atoms with Crippen molar-refractivity contribution in [2.75, 3.05) is 19.7 Å². The molecular formula is C27H28FN7O2. The van der Waals surface area contributed by atoms with Crippen molar-refractivity contribution < 1.29 is 14.2 Å². The minimum absolute atomic E-state index is 0.347. The van der Waals surface area contributed by atoms with Gasteiger partial charge in [-0.05, 0) is 69.3 Å². The quantitative estimate of drug-likeness (QED) is 0.414. The summed E-state index contributed by atoms with van der Waals surface area (Å²) in [5.41, 5.74) is 4.51. The van der Waals surface area contributed by atoms with E-state index in [9.17, 15) is 14.8 Å². The minimum Gasteiger partial charge on any atom is -0.479 e. The normalized spacial score (nSPS) is 18.0. The monoisotopic (exact) mass is 501 g/mol. The summed E-state index contributed by atoms with van der Waals surface area (Å²) in [5, 5.41) is 32.2. The fourth-order valence-corrected chi connectivity index (χ4v) is 5.88. The second-order valence-corrected chi connectivity index (χ2v) is 10.1. The molecule has 1 saturated carbocycles. The maximum Gasteiger partial charge on any atom is 0.163 e. The number of aliphatic hydroxyl groups is 1. The van der Waals surface area contributed by atoms with Gasteiger partial charge in [-0.1, -0.05) is 0 Å². The van der Waals surface area contributed by atoms with Crippen molar-refractivity contribution in [3.05, 3.63) is 65.8 Å². The predicted octanol–water partition coefficient (Wildman–Crippen LogP) is 3.73. The van der Waals surface area contributed by atoms with E-state index in [1.165, 1.54) is 31.2 Å². The Morgan fingerprint density at radius 2 is 2.05 bits per heavy atom. The fraction of sp³-hybridized carbons (Fsp3) is 0.407. The predicted molar refractivity (Wildman–Crippen MR) is 133 cm³/mol. The number of nitrogens with zero attached hydrogens (tertiary/aromatic N) is 6. The molecule has 4 aromatic rings. The second kappa shape index (κ2) is 9.25. The first-order chi connectivity index (χ1) is 18.0. The van der Waals surface area contributed by atoms with Crippen LogP contribution in [0.15, 0.2) is 43.0 Å². The molecule has 1 unspecified atom stereocenters. The van der Waals surface area contributed by atoms with E-state index < -0.39 is 11.9 Å². The summed E-state index contributed by atoms with van der Waals surface area (Å²) >= 11 is 0. The molecule has 0 amide bonds. The Morgan fingerprint density at radius 3 is 2.76 bits per heavy atom. The maximum atomic E-state index is 13.4. The van der Waals surface area contributed by atoms with Crippen LogP contribution in [0.25, 0.3) is 16.6 Å². The highest BCUT2D eigenvalue weighted by Crippen LogP contribution is 2.54. The number of hydrogen-bond acceptors (Lipinski definition) is 7. The van der Waals surface area contributed by atoms with Gasteiger partial charge in [0, 0.05) is 23.0 Å². The summed E-state index contributed by atoms with van der Waals surface area (Å²) in [7, 11) is 0. The lowest BCUT2D eigenvalue weighted by Crippen LogP contribution is -2.46. The van der Waals surface area contributed by atoms with Gasteiger partial charge in [0.1, 0.15) is 28.7 Å². The van der Waals surface area contributed by atoms with Crippen LogP contribution < -0.4 is 10.1 Å². The van der Waals surface area contributed by atoms with Crippen LogP contribution in [0.2, 0.25) is 0 Å². The fourth-order valence-electron chi connectivity index (χ4n) is 5.88. The number of pyridine rings is 2. The largest absolute Gasteiger partial charge is 0.479 e. The van der Waals surface area contributed by atoms with Crippen LogP contribution in [0.4, 0.5) is 4.39 Å². The molecule has 37 heavy (non-hydrogen) atoms. The zero-order chi connectivity index (χ0) is 25.6. The number of rotatable bonds is 6. The van der Waals surface area contributed by atoms with Gasteiger partial charge in [-0.3, -0.25) is 9.67 Å². The van der Waals surface area contributed by atoms with Gasteiger partial charge in [-0.2, -0.15) is 15.5 Å². The number of piperidine rings is 1. The summed E-state index contributed by atoms with van der Waals surface area (Å²) in [6, 6.07) is 7.13. The maximum absolute atomic E-state index is 13.4. The second-order valence-electron chi connectivity index (χ2n) is 10.1. The van der Waals surface area contributed by atoms with Gasteiger partial charge in [0.15, 0.2) is 6.10 Å². The lowest BCUT2D eigenvalue weighted by molar-refractivity contribution is 0.0221. The molecule has 10 heteroatoms. The van der Waals surface area contributed by atoms with Crippen molar-refractivity contribution in [2.24, 2.45) is 5.41 Å². The van der Waals surface area contributed by atoms with E-state index in [1.54, 1.807) is 4.52 Å². The summed E-state index contributed by atoms with van der Waals surface area (Å²) < 4.78 is 23.3. The molecular weight excluding hydrogens is 473 g/mol. The van der Waals surface area contributed by atoms with Gasteiger partial charge in [0.05, 0.1) is 36.9 Å². The molecule has 4 aromatic heterocycles. The highest BCUT2D eigenvalue weighted by atomic mass is 19.1. The van der Waals surface area contributed by atoms with Crippen LogP contribution in [0.1, 0.15) is 54.8 Å². The van der Waals surface area contributed by atoms with Gasteiger partial charge in [-0.15, -0.1) is 0 Å². The smallest absolute Gasteiger partial charge is 0.163 e. The zero-order valence-corrected chi connectivity index (χ0v) is 20.6. The Balaban J connectivity index is 1.34. The lowest BCUT2D eigenvalue weighted by atomic mass is 9.60. The molecule has 6 rings (SSSR count). The summed E-state index contributed by atoms with van der Waals surface area (Å²) in [4.78, 5) is 4.06. The van der Waals surface area contributed by atoms with E-state index in [-0.39, 0.29) is 6.61 Å². The van der Waals surface area contributed by atoms with Crippen LogP contribution >= 0.6 is 0 Å². The number of fused-ring (bicyclic) bond motifs is 1. The standard InChI is InChI=1S/C27H28FN7O2/c1-17-22(14-33-35(17)21-9-27(10-21)4-6-30-7-5-27)18-8-24(26-19(11-29)12-32-34(26)15-18)37-25(16-36)23-3-2-20(28)13-31-23/h2-3,8,12-15,21,25,30,36H,4-7,9-10,16H2,1H3. The van der Waals surface area contributed by atoms with Gasteiger partial charge < -0.3 is 15.2 Å². The average Bonchev–Trinajstić information content (AvgIpc) is 3.50. The molecule has 1 aliphatic heterocycles. The molecule has 1 aliphatic carbocycles. The van der Waals surface area contributed by atoms with E-state index in [0.29, 0.717) is 34.0 Å². The first-order valence-electron chi connectivity index (χ1n) is 12.6. The molecule has 9 nitrogen and oxygen atoms in total. The molecule has 2 fully saturated rings. The Bertz CT molecular complexity index is 1470. The SMILES string of the molecule is Cc1c(-c2cc(OC(CO)c3ccc(F)cn3)c3c(C#N)cnn3c2)cnn1C1CC2(CCNCC2)C1. The number of hydrogen-bond donors (Lipinski definition) is 2.